The lowest BCUT2D eigenvalue weighted by Gasteiger charge is -2.37. The summed E-state index contributed by atoms with van der Waals surface area (Å²) in [4.78, 5) is 18.2. The number of rotatable bonds is 4. The summed E-state index contributed by atoms with van der Waals surface area (Å²) in [5.41, 5.74) is 1.20. The monoisotopic (exact) mass is 322 g/mol. The zero-order valence-corrected chi connectivity index (χ0v) is 13.7. The van der Waals surface area contributed by atoms with E-state index in [-0.39, 0.29) is 12.0 Å². The number of amides is 1. The van der Waals surface area contributed by atoms with Gasteiger partial charge in [0.25, 0.3) is 0 Å². The molecule has 2 fully saturated rings. The maximum Gasteiger partial charge on any atom is 0.232 e. The Bertz CT molecular complexity index is 503. The molecule has 0 aromatic carbocycles. The molecule has 6 heteroatoms. The molecule has 1 aromatic heterocycles. The summed E-state index contributed by atoms with van der Waals surface area (Å²) < 4.78 is 11.7. The van der Waals surface area contributed by atoms with Gasteiger partial charge in [-0.2, -0.15) is 0 Å². The molecule has 2 saturated heterocycles. The van der Waals surface area contributed by atoms with Crippen LogP contribution in [0, 0.1) is 0 Å². The minimum Gasteiger partial charge on any atom is -0.347 e. The minimum absolute atomic E-state index is 0.165. The smallest absolute Gasteiger partial charge is 0.232 e. The third kappa shape index (κ3) is 3.80. The van der Waals surface area contributed by atoms with Gasteiger partial charge in [0.2, 0.25) is 5.91 Å². The average Bonchev–Trinajstić information content (AvgIpc) is 2.89. The fraction of sp³-hybridized carbons (Fsp3) is 0.625. The zero-order chi connectivity index (χ0) is 15.4. The van der Waals surface area contributed by atoms with Crippen molar-refractivity contribution >= 4 is 17.7 Å². The molecule has 1 amide bonds. The molecule has 0 radical (unpaired) electrons. The number of piperidine rings is 1. The number of likely N-dealkylation sites (tertiary alicyclic amines) is 1. The van der Waals surface area contributed by atoms with Crippen LogP contribution in [0.2, 0.25) is 0 Å². The van der Waals surface area contributed by atoms with Gasteiger partial charge < -0.3 is 14.4 Å². The third-order valence-corrected chi connectivity index (χ3v) is 5.11. The Morgan fingerprint density at radius 3 is 2.77 bits per heavy atom. The molecule has 1 aromatic rings. The maximum absolute atomic E-state index is 12.3. The van der Waals surface area contributed by atoms with Crippen molar-refractivity contribution in [1.82, 2.24) is 9.88 Å². The minimum atomic E-state index is -0.430. The maximum atomic E-state index is 12.3. The van der Waals surface area contributed by atoms with Crippen LogP contribution in [0.4, 0.5) is 0 Å². The summed E-state index contributed by atoms with van der Waals surface area (Å²) in [6, 6.07) is 3.97. The Balaban J connectivity index is 1.40. The van der Waals surface area contributed by atoms with Crippen LogP contribution in [0.3, 0.4) is 0 Å². The normalized spacial score (nSPS) is 23.9. The SMILES string of the molecule is C[C@H]1COC2(CCN(C(=O)CSCc3ccncc3)CC2)O1. The molecular weight excluding hydrogens is 300 g/mol. The molecule has 0 unspecified atom stereocenters. The first-order chi connectivity index (χ1) is 10.7. The topological polar surface area (TPSA) is 51.7 Å². The standard InChI is InChI=1S/C16H22N2O3S/c1-13-10-20-16(21-13)4-8-18(9-5-16)15(19)12-22-11-14-2-6-17-7-3-14/h2-3,6-7,13H,4-5,8-12H2,1H3/t13-/m0/s1. The third-order valence-electron chi connectivity index (χ3n) is 4.12. The first-order valence-corrected chi connectivity index (χ1v) is 8.89. The summed E-state index contributed by atoms with van der Waals surface area (Å²) in [6.07, 6.45) is 5.28. The van der Waals surface area contributed by atoms with Crippen LogP contribution in [0.1, 0.15) is 25.3 Å². The molecule has 1 spiro atoms. The first-order valence-electron chi connectivity index (χ1n) is 7.73. The molecule has 22 heavy (non-hydrogen) atoms. The largest absolute Gasteiger partial charge is 0.347 e. The number of ether oxygens (including phenoxy) is 2. The van der Waals surface area contributed by atoms with Gasteiger partial charge in [-0.25, -0.2) is 0 Å². The Hall–Kier alpha value is -1.11. The summed E-state index contributed by atoms with van der Waals surface area (Å²) in [7, 11) is 0. The molecule has 5 nitrogen and oxygen atoms in total. The first kappa shape index (κ1) is 15.8. The summed E-state index contributed by atoms with van der Waals surface area (Å²) in [5, 5.41) is 0. The van der Waals surface area contributed by atoms with E-state index in [0.717, 1.165) is 31.7 Å². The molecule has 1 atom stereocenters. The number of pyridine rings is 1. The van der Waals surface area contributed by atoms with E-state index in [4.69, 9.17) is 9.47 Å². The van der Waals surface area contributed by atoms with Crippen molar-refractivity contribution in [2.24, 2.45) is 0 Å². The van der Waals surface area contributed by atoms with Crippen LogP contribution in [0.15, 0.2) is 24.5 Å². The van der Waals surface area contributed by atoms with Crippen LogP contribution in [0.5, 0.6) is 0 Å². The van der Waals surface area contributed by atoms with Gasteiger partial charge in [-0.15, -0.1) is 11.8 Å². The van der Waals surface area contributed by atoms with Crippen molar-refractivity contribution < 1.29 is 14.3 Å². The van der Waals surface area contributed by atoms with Crippen molar-refractivity contribution in [2.75, 3.05) is 25.4 Å². The van der Waals surface area contributed by atoms with Gasteiger partial charge in [-0.05, 0) is 24.6 Å². The highest BCUT2D eigenvalue weighted by molar-refractivity contribution is 7.99. The van der Waals surface area contributed by atoms with Gasteiger partial charge >= 0.3 is 0 Å². The molecule has 0 saturated carbocycles. The van der Waals surface area contributed by atoms with Crippen molar-refractivity contribution in [3.05, 3.63) is 30.1 Å². The number of hydrogen-bond donors (Lipinski definition) is 0. The molecule has 3 rings (SSSR count). The quantitative estimate of drug-likeness (QED) is 0.849. The van der Waals surface area contributed by atoms with Crippen LogP contribution in [0.25, 0.3) is 0 Å². The molecule has 2 aliphatic heterocycles. The lowest BCUT2D eigenvalue weighted by molar-refractivity contribution is -0.194. The molecule has 3 heterocycles. The van der Waals surface area contributed by atoms with Gasteiger partial charge in [0, 0.05) is 44.1 Å². The van der Waals surface area contributed by atoms with Gasteiger partial charge in [0.05, 0.1) is 18.5 Å². The molecule has 2 aliphatic rings. The van der Waals surface area contributed by atoms with Crippen LogP contribution in [-0.4, -0.2) is 53.1 Å². The predicted molar refractivity (Wildman–Crippen MR) is 85.4 cm³/mol. The van der Waals surface area contributed by atoms with E-state index in [1.54, 1.807) is 24.2 Å². The molecular formula is C16H22N2O3S. The second-order valence-electron chi connectivity index (χ2n) is 5.88. The van der Waals surface area contributed by atoms with E-state index in [0.29, 0.717) is 12.4 Å². The Morgan fingerprint density at radius 1 is 1.41 bits per heavy atom. The lowest BCUT2D eigenvalue weighted by Crippen LogP contribution is -2.48. The lowest BCUT2D eigenvalue weighted by atomic mass is 10.0. The number of hydrogen-bond acceptors (Lipinski definition) is 5. The van der Waals surface area contributed by atoms with Crippen LogP contribution < -0.4 is 0 Å². The number of nitrogens with zero attached hydrogens (tertiary/aromatic N) is 2. The second-order valence-corrected chi connectivity index (χ2v) is 6.86. The highest BCUT2D eigenvalue weighted by atomic mass is 32.2. The summed E-state index contributed by atoms with van der Waals surface area (Å²) in [5.74, 6) is 1.14. The van der Waals surface area contributed by atoms with Crippen LogP contribution >= 0.6 is 11.8 Å². The summed E-state index contributed by atoms with van der Waals surface area (Å²) >= 11 is 1.65. The van der Waals surface area contributed by atoms with E-state index in [2.05, 4.69) is 4.98 Å². The number of carbonyl (C=O) groups is 1. The summed E-state index contributed by atoms with van der Waals surface area (Å²) in [6.45, 7) is 4.14. The predicted octanol–water partition coefficient (Wildman–Crippen LogP) is 2.07. The van der Waals surface area contributed by atoms with Gasteiger partial charge in [-0.1, -0.05) is 0 Å². The highest BCUT2D eigenvalue weighted by Crippen LogP contribution is 2.34. The highest BCUT2D eigenvalue weighted by Gasteiger charge is 2.43. The van der Waals surface area contributed by atoms with Crippen molar-refractivity contribution in [1.29, 1.82) is 0 Å². The van der Waals surface area contributed by atoms with E-state index >= 15 is 0 Å². The average molecular weight is 322 g/mol. The number of carbonyl (C=O) groups excluding carboxylic acids is 1. The second kappa shape index (κ2) is 6.98. The molecule has 0 aliphatic carbocycles. The van der Waals surface area contributed by atoms with Crippen LogP contribution in [-0.2, 0) is 20.0 Å². The van der Waals surface area contributed by atoms with Crippen molar-refractivity contribution in [3.8, 4) is 0 Å². The number of aromatic nitrogens is 1. The van der Waals surface area contributed by atoms with Gasteiger partial charge in [0.15, 0.2) is 5.79 Å². The Morgan fingerprint density at radius 2 is 2.14 bits per heavy atom. The van der Waals surface area contributed by atoms with Gasteiger partial charge in [0.1, 0.15) is 0 Å². The van der Waals surface area contributed by atoms with E-state index in [1.807, 2.05) is 24.0 Å². The molecule has 0 bridgehead atoms. The molecule has 0 N–H and O–H groups in total. The van der Waals surface area contributed by atoms with Crippen molar-refractivity contribution in [3.63, 3.8) is 0 Å². The van der Waals surface area contributed by atoms with E-state index < -0.39 is 5.79 Å². The van der Waals surface area contributed by atoms with E-state index in [9.17, 15) is 4.79 Å². The Labute approximate surface area is 135 Å². The molecule has 120 valence electrons. The van der Waals surface area contributed by atoms with E-state index in [1.165, 1.54) is 5.56 Å². The Kier molecular flexibility index (Phi) is 5.00. The fourth-order valence-electron chi connectivity index (χ4n) is 2.89. The van der Waals surface area contributed by atoms with Gasteiger partial charge in [-0.3, -0.25) is 9.78 Å². The zero-order valence-electron chi connectivity index (χ0n) is 12.9. The van der Waals surface area contributed by atoms with Crippen molar-refractivity contribution in [2.45, 2.75) is 37.4 Å². The fourth-order valence-corrected chi connectivity index (χ4v) is 3.78. The number of thioether (sulfide) groups is 1.